The van der Waals surface area contributed by atoms with E-state index < -0.39 is 0 Å². The molecule has 3 fully saturated rings. The fraction of sp³-hybridized carbons (Fsp3) is 0.889. The number of piperidine rings is 1. The van der Waals surface area contributed by atoms with Crippen molar-refractivity contribution in [3.8, 4) is 0 Å². The second-order valence-electron chi connectivity index (χ2n) is 7.62. The van der Waals surface area contributed by atoms with Crippen LogP contribution in [0.2, 0.25) is 0 Å². The van der Waals surface area contributed by atoms with Crippen molar-refractivity contribution in [1.29, 1.82) is 0 Å². The van der Waals surface area contributed by atoms with Crippen LogP contribution in [0, 0.1) is 5.41 Å². The van der Waals surface area contributed by atoms with Gasteiger partial charge in [-0.2, -0.15) is 0 Å². The molecule has 1 N–H and O–H groups in total. The summed E-state index contributed by atoms with van der Waals surface area (Å²) in [4.78, 5) is 31.6. The highest BCUT2D eigenvalue weighted by atomic mass is 35.5. The maximum Gasteiger partial charge on any atom is 0.236 e. The molecule has 0 aromatic rings. The van der Waals surface area contributed by atoms with Crippen molar-refractivity contribution in [2.75, 3.05) is 72.6 Å². The predicted octanol–water partition coefficient (Wildman–Crippen LogP) is 0.613. The van der Waals surface area contributed by atoms with Crippen LogP contribution in [0.5, 0.6) is 0 Å². The highest BCUT2D eigenvalue weighted by Crippen LogP contribution is 2.32. The van der Waals surface area contributed by atoms with Gasteiger partial charge in [-0.1, -0.05) is 0 Å². The third-order valence-corrected chi connectivity index (χ3v) is 5.91. The molecule has 3 rings (SSSR count). The van der Waals surface area contributed by atoms with Crippen molar-refractivity contribution >= 4 is 36.6 Å². The van der Waals surface area contributed by atoms with Gasteiger partial charge >= 0.3 is 0 Å². The molecule has 7 nitrogen and oxygen atoms in total. The molecule has 158 valence electrons. The van der Waals surface area contributed by atoms with E-state index in [9.17, 15) is 9.59 Å². The van der Waals surface area contributed by atoms with Gasteiger partial charge in [0.2, 0.25) is 11.8 Å². The highest BCUT2D eigenvalue weighted by molar-refractivity contribution is 5.85. The van der Waals surface area contributed by atoms with Gasteiger partial charge in [-0.25, -0.2) is 0 Å². The average molecular weight is 425 g/mol. The maximum atomic E-state index is 13.1. The molecule has 0 spiro atoms. The van der Waals surface area contributed by atoms with Gasteiger partial charge in [0.15, 0.2) is 0 Å². The number of nitrogens with one attached hydrogen (secondary N) is 1. The Morgan fingerprint density at radius 1 is 0.926 bits per heavy atom. The van der Waals surface area contributed by atoms with Gasteiger partial charge in [0.05, 0.1) is 18.6 Å². The van der Waals surface area contributed by atoms with Crippen molar-refractivity contribution in [3.05, 3.63) is 0 Å². The number of likely N-dealkylation sites (tertiary alicyclic amines) is 1. The number of hydrogen-bond acceptors (Lipinski definition) is 5. The molecule has 3 saturated heterocycles. The summed E-state index contributed by atoms with van der Waals surface area (Å²) in [6.07, 6.45) is 3.94. The van der Waals surface area contributed by atoms with E-state index in [-0.39, 0.29) is 42.0 Å². The van der Waals surface area contributed by atoms with E-state index in [0.29, 0.717) is 26.2 Å². The van der Waals surface area contributed by atoms with Crippen LogP contribution in [0.15, 0.2) is 0 Å². The predicted molar refractivity (Wildman–Crippen MR) is 110 cm³/mol. The van der Waals surface area contributed by atoms with E-state index >= 15 is 0 Å². The number of methoxy groups -OCH3 is 1. The van der Waals surface area contributed by atoms with E-state index in [1.807, 2.05) is 9.80 Å². The van der Waals surface area contributed by atoms with Crippen LogP contribution in [0.25, 0.3) is 0 Å². The first kappa shape index (κ1) is 24.4. The van der Waals surface area contributed by atoms with Crippen LogP contribution in [0.3, 0.4) is 0 Å². The van der Waals surface area contributed by atoms with Gasteiger partial charge in [0.1, 0.15) is 0 Å². The molecule has 0 saturated carbocycles. The molecule has 0 unspecified atom stereocenters. The van der Waals surface area contributed by atoms with Crippen molar-refractivity contribution in [2.24, 2.45) is 5.41 Å². The van der Waals surface area contributed by atoms with Crippen molar-refractivity contribution in [2.45, 2.75) is 25.7 Å². The Morgan fingerprint density at radius 3 is 2.07 bits per heavy atom. The largest absolute Gasteiger partial charge is 0.384 e. The standard InChI is InChI=1S/C18H32N4O3.2ClH/c1-25-15-18(4-6-19-7-5-18)17(24)22-12-10-20(11-13-22)14-16(23)21-8-2-3-9-21;;/h19H,2-15H2,1H3;2*1H. The van der Waals surface area contributed by atoms with Crippen LogP contribution in [-0.4, -0.2) is 99.1 Å². The van der Waals surface area contributed by atoms with Crippen molar-refractivity contribution < 1.29 is 14.3 Å². The lowest BCUT2D eigenvalue weighted by Crippen LogP contribution is -2.57. The van der Waals surface area contributed by atoms with Gasteiger partial charge < -0.3 is 19.9 Å². The van der Waals surface area contributed by atoms with E-state index in [4.69, 9.17) is 4.74 Å². The van der Waals surface area contributed by atoms with Crippen LogP contribution in [-0.2, 0) is 14.3 Å². The molecule has 27 heavy (non-hydrogen) atoms. The van der Waals surface area contributed by atoms with Crippen molar-refractivity contribution in [3.63, 3.8) is 0 Å². The second kappa shape index (κ2) is 11.4. The van der Waals surface area contributed by atoms with Crippen LogP contribution in [0.4, 0.5) is 0 Å². The number of hydrogen-bond donors (Lipinski definition) is 1. The average Bonchev–Trinajstić information content (AvgIpc) is 3.18. The van der Waals surface area contributed by atoms with Crippen LogP contribution in [0.1, 0.15) is 25.7 Å². The number of piperazine rings is 1. The zero-order chi connectivity index (χ0) is 17.7. The summed E-state index contributed by atoms with van der Waals surface area (Å²) in [7, 11) is 1.68. The Labute approximate surface area is 174 Å². The zero-order valence-electron chi connectivity index (χ0n) is 16.3. The van der Waals surface area contributed by atoms with Gasteiger partial charge in [0, 0.05) is 46.4 Å². The number of rotatable bonds is 5. The lowest BCUT2D eigenvalue weighted by atomic mass is 9.78. The minimum absolute atomic E-state index is 0. The molecule has 2 amide bonds. The fourth-order valence-electron chi connectivity index (χ4n) is 4.30. The molecule has 0 aromatic heterocycles. The number of nitrogens with zero attached hydrogens (tertiary/aromatic N) is 3. The van der Waals surface area contributed by atoms with E-state index in [1.165, 1.54) is 0 Å². The first-order valence-corrected chi connectivity index (χ1v) is 9.64. The molecular weight excluding hydrogens is 391 g/mol. The van der Waals surface area contributed by atoms with E-state index in [1.54, 1.807) is 7.11 Å². The first-order valence-electron chi connectivity index (χ1n) is 9.64. The monoisotopic (exact) mass is 424 g/mol. The molecule has 9 heteroatoms. The van der Waals surface area contributed by atoms with Crippen LogP contribution >= 0.6 is 24.8 Å². The number of halogens is 2. The summed E-state index contributed by atoms with van der Waals surface area (Å²) >= 11 is 0. The molecular formula is C18H34Cl2N4O3. The Bertz CT molecular complexity index is 470. The summed E-state index contributed by atoms with van der Waals surface area (Å²) in [5.41, 5.74) is -0.368. The lowest BCUT2D eigenvalue weighted by Gasteiger charge is -2.42. The van der Waals surface area contributed by atoms with Gasteiger partial charge in [-0.05, 0) is 38.8 Å². The molecule has 3 heterocycles. The van der Waals surface area contributed by atoms with Gasteiger partial charge in [-0.15, -0.1) is 24.8 Å². The normalized spacial score (nSPS) is 22.7. The van der Waals surface area contributed by atoms with Gasteiger partial charge in [0.25, 0.3) is 0 Å². The molecule has 0 bridgehead atoms. The summed E-state index contributed by atoms with van der Waals surface area (Å²) in [6, 6.07) is 0. The molecule has 0 aromatic carbocycles. The van der Waals surface area contributed by atoms with E-state index in [2.05, 4.69) is 10.2 Å². The summed E-state index contributed by atoms with van der Waals surface area (Å²) < 4.78 is 5.39. The molecule has 3 aliphatic heterocycles. The van der Waals surface area contributed by atoms with E-state index in [0.717, 1.165) is 65.0 Å². The second-order valence-corrected chi connectivity index (χ2v) is 7.62. The number of carbonyl (C=O) groups excluding carboxylic acids is 2. The third-order valence-electron chi connectivity index (χ3n) is 5.91. The summed E-state index contributed by atoms with van der Waals surface area (Å²) in [5.74, 6) is 0.479. The SMILES string of the molecule is COCC1(C(=O)N2CCN(CC(=O)N3CCCC3)CC2)CCNCC1.Cl.Cl. The Balaban J connectivity index is 0.00000182. The fourth-order valence-corrected chi connectivity index (χ4v) is 4.30. The highest BCUT2D eigenvalue weighted by Gasteiger charge is 2.42. The Morgan fingerprint density at radius 2 is 1.52 bits per heavy atom. The molecule has 0 radical (unpaired) electrons. The lowest BCUT2D eigenvalue weighted by molar-refractivity contribution is -0.149. The first-order chi connectivity index (χ1) is 12.1. The Kier molecular flexibility index (Phi) is 10.3. The summed E-state index contributed by atoms with van der Waals surface area (Å²) in [5, 5.41) is 3.33. The molecule has 0 atom stereocenters. The maximum absolute atomic E-state index is 13.1. The minimum Gasteiger partial charge on any atom is -0.384 e. The number of amides is 2. The van der Waals surface area contributed by atoms with Crippen molar-refractivity contribution in [1.82, 2.24) is 20.0 Å². The Hall–Kier alpha value is -0.600. The number of ether oxygens (including phenoxy) is 1. The third kappa shape index (κ3) is 5.94. The number of carbonyl (C=O) groups is 2. The van der Waals surface area contributed by atoms with Crippen LogP contribution < -0.4 is 5.32 Å². The summed E-state index contributed by atoms with van der Waals surface area (Å²) in [6.45, 7) is 7.56. The molecule has 3 aliphatic rings. The quantitative estimate of drug-likeness (QED) is 0.700. The molecule has 0 aliphatic carbocycles. The minimum atomic E-state index is -0.368. The smallest absolute Gasteiger partial charge is 0.236 e. The van der Waals surface area contributed by atoms with Gasteiger partial charge in [-0.3, -0.25) is 14.5 Å². The topological polar surface area (TPSA) is 65.1 Å². The zero-order valence-corrected chi connectivity index (χ0v) is 17.9.